The predicted octanol–water partition coefficient (Wildman–Crippen LogP) is 4.50. The number of anilines is 1. The normalized spacial score (nSPS) is 17.9. The van der Waals surface area contributed by atoms with E-state index in [4.69, 9.17) is 39.5 Å². The van der Waals surface area contributed by atoms with Crippen molar-refractivity contribution in [2.75, 3.05) is 31.1 Å². The average Bonchev–Trinajstić information content (AvgIpc) is 2.72. The Morgan fingerprint density at radius 3 is 2.73 bits per heavy atom. The quantitative estimate of drug-likeness (QED) is 0.425. The van der Waals surface area contributed by atoms with Gasteiger partial charge in [0.25, 0.3) is 0 Å². The van der Waals surface area contributed by atoms with Crippen molar-refractivity contribution in [2.45, 2.75) is 19.1 Å². The number of rotatable bonds is 5. The van der Waals surface area contributed by atoms with Crippen LogP contribution in [-0.4, -0.2) is 47.4 Å². The van der Waals surface area contributed by atoms with E-state index in [1.165, 1.54) is 0 Å². The van der Waals surface area contributed by atoms with Gasteiger partial charge in [0.1, 0.15) is 12.7 Å². The number of hydrogen-bond donors (Lipinski definition) is 2. The summed E-state index contributed by atoms with van der Waals surface area (Å²) in [6, 6.07) is 11.5. The Bertz CT molecular complexity index is 1060. The van der Waals surface area contributed by atoms with E-state index < -0.39 is 6.10 Å². The van der Waals surface area contributed by atoms with Gasteiger partial charge in [0.2, 0.25) is 5.28 Å². The van der Waals surface area contributed by atoms with E-state index in [2.05, 4.69) is 27.1 Å². The van der Waals surface area contributed by atoms with Gasteiger partial charge in [-0.05, 0) is 35.5 Å². The fourth-order valence-corrected chi connectivity index (χ4v) is 4.43. The molecule has 1 unspecified atom stereocenters. The molecule has 1 aliphatic rings. The van der Waals surface area contributed by atoms with Crippen LogP contribution in [0.3, 0.4) is 0 Å². The standard InChI is InChI=1S/C21H21Cl3N4O2/c1-12-10-25-8-9-28(12)20-18(19(23)26-21(24)27-20)30-11-16(29)14-6-2-4-13-5-3-7-15(22)17(13)14/h2-7,12,16,25,29H,8-11H2,1H3/t12-,16?/m0/s1. The molecule has 0 radical (unpaired) electrons. The van der Waals surface area contributed by atoms with Gasteiger partial charge >= 0.3 is 0 Å². The molecule has 0 bridgehead atoms. The van der Waals surface area contributed by atoms with Crippen LogP contribution in [0.4, 0.5) is 5.82 Å². The van der Waals surface area contributed by atoms with Crippen LogP contribution in [0.2, 0.25) is 15.5 Å². The first kappa shape index (κ1) is 21.4. The van der Waals surface area contributed by atoms with Gasteiger partial charge in [0, 0.05) is 36.1 Å². The summed E-state index contributed by atoms with van der Waals surface area (Å²) in [4.78, 5) is 10.5. The molecule has 1 saturated heterocycles. The minimum Gasteiger partial charge on any atom is -0.484 e. The van der Waals surface area contributed by atoms with Crippen LogP contribution in [0.1, 0.15) is 18.6 Å². The third-order valence-corrected chi connectivity index (χ3v) is 5.92. The van der Waals surface area contributed by atoms with Gasteiger partial charge < -0.3 is 20.1 Å². The lowest BCUT2D eigenvalue weighted by atomic mass is 10.0. The number of aromatic nitrogens is 2. The predicted molar refractivity (Wildman–Crippen MR) is 121 cm³/mol. The Morgan fingerprint density at radius 2 is 1.97 bits per heavy atom. The molecule has 2 N–H and O–H groups in total. The van der Waals surface area contributed by atoms with Crippen LogP contribution in [-0.2, 0) is 0 Å². The lowest BCUT2D eigenvalue weighted by Gasteiger charge is -2.35. The van der Waals surface area contributed by atoms with Crippen molar-refractivity contribution < 1.29 is 9.84 Å². The largest absolute Gasteiger partial charge is 0.484 e. The maximum absolute atomic E-state index is 10.9. The van der Waals surface area contributed by atoms with E-state index >= 15 is 0 Å². The van der Waals surface area contributed by atoms with Gasteiger partial charge in [-0.25, -0.2) is 4.98 Å². The molecule has 158 valence electrons. The van der Waals surface area contributed by atoms with Crippen molar-refractivity contribution in [1.29, 1.82) is 0 Å². The summed E-state index contributed by atoms with van der Waals surface area (Å²) in [6.45, 7) is 4.37. The highest BCUT2D eigenvalue weighted by Gasteiger charge is 2.26. The van der Waals surface area contributed by atoms with Gasteiger partial charge in [0.15, 0.2) is 16.7 Å². The van der Waals surface area contributed by atoms with Crippen LogP contribution < -0.4 is 15.0 Å². The van der Waals surface area contributed by atoms with E-state index in [1.54, 1.807) is 6.07 Å². The Labute approximate surface area is 189 Å². The van der Waals surface area contributed by atoms with Crippen LogP contribution in [0, 0.1) is 0 Å². The maximum atomic E-state index is 10.9. The lowest BCUT2D eigenvalue weighted by Crippen LogP contribution is -2.50. The Balaban J connectivity index is 1.63. The molecule has 9 heteroatoms. The van der Waals surface area contributed by atoms with Gasteiger partial charge in [-0.3, -0.25) is 0 Å². The number of hydrogen-bond acceptors (Lipinski definition) is 6. The minimum absolute atomic E-state index is 0.0392. The highest BCUT2D eigenvalue weighted by Crippen LogP contribution is 2.37. The lowest BCUT2D eigenvalue weighted by molar-refractivity contribution is 0.109. The van der Waals surface area contributed by atoms with Crippen LogP contribution in [0.25, 0.3) is 10.8 Å². The number of piperazine rings is 1. The summed E-state index contributed by atoms with van der Waals surface area (Å²) < 4.78 is 5.96. The molecule has 30 heavy (non-hydrogen) atoms. The molecule has 1 aromatic heterocycles. The summed E-state index contributed by atoms with van der Waals surface area (Å²) in [5.41, 5.74) is 0.682. The molecule has 2 aromatic carbocycles. The van der Waals surface area contributed by atoms with Gasteiger partial charge in [-0.15, -0.1) is 0 Å². The van der Waals surface area contributed by atoms with E-state index in [0.29, 0.717) is 22.2 Å². The fourth-order valence-electron chi connectivity index (χ4n) is 3.71. The molecule has 3 aromatic rings. The zero-order valence-corrected chi connectivity index (χ0v) is 18.5. The molecule has 2 heterocycles. The van der Waals surface area contributed by atoms with Gasteiger partial charge in [-0.1, -0.05) is 53.5 Å². The first-order valence-corrected chi connectivity index (χ1v) is 10.8. The van der Waals surface area contributed by atoms with E-state index in [1.807, 2.05) is 30.3 Å². The molecule has 1 fully saturated rings. The van der Waals surface area contributed by atoms with Crippen molar-refractivity contribution in [1.82, 2.24) is 15.3 Å². The second-order valence-electron chi connectivity index (χ2n) is 7.19. The highest BCUT2D eigenvalue weighted by molar-refractivity contribution is 6.35. The molecular formula is C21H21Cl3N4O2. The Morgan fingerprint density at radius 1 is 1.20 bits per heavy atom. The fraction of sp³-hybridized carbons (Fsp3) is 0.333. The van der Waals surface area contributed by atoms with Crippen LogP contribution in [0.15, 0.2) is 36.4 Å². The number of nitrogens with one attached hydrogen (secondary N) is 1. The molecule has 4 rings (SSSR count). The van der Waals surface area contributed by atoms with Crippen molar-refractivity contribution in [3.05, 3.63) is 57.4 Å². The van der Waals surface area contributed by atoms with E-state index in [9.17, 15) is 5.11 Å². The first-order chi connectivity index (χ1) is 14.5. The van der Waals surface area contributed by atoms with Crippen molar-refractivity contribution in [3.8, 4) is 5.75 Å². The minimum atomic E-state index is -0.923. The Hall–Kier alpha value is -1.83. The summed E-state index contributed by atoms with van der Waals surface area (Å²) in [6.07, 6.45) is -0.923. The smallest absolute Gasteiger partial charge is 0.226 e. The SMILES string of the molecule is C[C@H]1CNCCN1c1nc(Cl)nc(Cl)c1OCC(O)c1cccc2cccc(Cl)c12. The van der Waals surface area contributed by atoms with E-state index in [-0.39, 0.29) is 23.1 Å². The molecular weight excluding hydrogens is 447 g/mol. The number of aliphatic hydroxyl groups is 1. The molecule has 1 aliphatic heterocycles. The third-order valence-electron chi connectivity index (χ3n) is 5.18. The van der Waals surface area contributed by atoms with E-state index in [0.717, 1.165) is 30.4 Å². The molecule has 6 nitrogen and oxygen atoms in total. The molecule has 0 aliphatic carbocycles. The van der Waals surface area contributed by atoms with Crippen LogP contribution in [0.5, 0.6) is 5.75 Å². The first-order valence-electron chi connectivity index (χ1n) is 9.64. The van der Waals surface area contributed by atoms with Crippen molar-refractivity contribution in [3.63, 3.8) is 0 Å². The van der Waals surface area contributed by atoms with Gasteiger partial charge in [0.05, 0.1) is 0 Å². The topological polar surface area (TPSA) is 70.5 Å². The second kappa shape index (κ2) is 9.12. The van der Waals surface area contributed by atoms with Crippen molar-refractivity contribution >= 4 is 51.4 Å². The number of aliphatic hydroxyl groups excluding tert-OH is 1. The summed E-state index contributed by atoms with van der Waals surface area (Å²) in [5, 5.41) is 16.7. The summed E-state index contributed by atoms with van der Waals surface area (Å²) >= 11 is 18.8. The molecule has 0 saturated carbocycles. The third kappa shape index (κ3) is 4.29. The summed E-state index contributed by atoms with van der Waals surface area (Å²) in [5.74, 6) is 0.831. The monoisotopic (exact) mass is 466 g/mol. The molecule has 2 atom stereocenters. The second-order valence-corrected chi connectivity index (χ2v) is 8.30. The number of nitrogens with zero attached hydrogens (tertiary/aromatic N) is 3. The molecule has 0 amide bonds. The van der Waals surface area contributed by atoms with Crippen molar-refractivity contribution in [2.24, 2.45) is 0 Å². The zero-order valence-electron chi connectivity index (χ0n) is 16.3. The number of halogens is 3. The zero-order chi connectivity index (χ0) is 21.3. The molecule has 0 spiro atoms. The Kier molecular flexibility index (Phi) is 6.51. The number of benzene rings is 2. The van der Waals surface area contributed by atoms with Gasteiger partial charge in [-0.2, -0.15) is 4.98 Å². The maximum Gasteiger partial charge on any atom is 0.226 e. The number of ether oxygens (including phenoxy) is 1. The van der Waals surface area contributed by atoms with Crippen LogP contribution >= 0.6 is 34.8 Å². The average molecular weight is 468 g/mol. The highest BCUT2D eigenvalue weighted by atomic mass is 35.5. The number of fused-ring (bicyclic) bond motifs is 1. The summed E-state index contributed by atoms with van der Waals surface area (Å²) in [7, 11) is 0.